The van der Waals surface area contributed by atoms with Gasteiger partial charge in [0.1, 0.15) is 23.4 Å². The number of nitrogens with zero attached hydrogens (tertiary/aromatic N) is 3. The van der Waals surface area contributed by atoms with E-state index in [1.165, 1.54) is 10.9 Å². The van der Waals surface area contributed by atoms with E-state index in [2.05, 4.69) is 125 Å². The first-order chi connectivity index (χ1) is 19.3. The molecular weight excluding hydrogens is 480 g/mol. The summed E-state index contributed by atoms with van der Waals surface area (Å²) in [4.78, 5) is 7.60. The monoisotopic (exact) mass is 506 g/mol. The molecule has 2 unspecified atom stereocenters. The summed E-state index contributed by atoms with van der Waals surface area (Å²) in [5, 5.41) is 8.35. The van der Waals surface area contributed by atoms with Crippen molar-refractivity contribution in [1.29, 1.82) is 0 Å². The van der Waals surface area contributed by atoms with E-state index in [1.807, 2.05) is 18.2 Å². The van der Waals surface area contributed by atoms with Crippen LogP contribution in [0.2, 0.25) is 0 Å². The van der Waals surface area contributed by atoms with Crippen LogP contribution in [0.3, 0.4) is 0 Å². The van der Waals surface area contributed by atoms with E-state index in [1.54, 1.807) is 0 Å². The lowest BCUT2D eigenvalue weighted by molar-refractivity contribution is 0.250. The van der Waals surface area contributed by atoms with Gasteiger partial charge >= 0.3 is 0 Å². The first-order valence-corrected chi connectivity index (χ1v) is 13.3. The van der Waals surface area contributed by atoms with Crippen molar-refractivity contribution in [3.8, 4) is 0 Å². The highest BCUT2D eigenvalue weighted by atomic mass is 16.3. The Morgan fingerprint density at radius 3 is 2.08 bits per heavy atom. The number of benzene rings is 5. The normalized spacial score (nSPS) is 17.9. The molecule has 8 rings (SSSR count). The Labute approximate surface area is 225 Å². The first kappa shape index (κ1) is 22.1. The fraction of sp³-hybridized carbons (Fsp3) is 0.0882. The lowest BCUT2D eigenvalue weighted by Crippen LogP contribution is -2.48. The van der Waals surface area contributed by atoms with Crippen molar-refractivity contribution in [2.24, 2.45) is 4.99 Å². The van der Waals surface area contributed by atoms with Crippen molar-refractivity contribution < 1.29 is 4.42 Å². The van der Waals surface area contributed by atoms with Crippen molar-refractivity contribution in [2.75, 3.05) is 7.05 Å². The lowest BCUT2D eigenvalue weighted by Gasteiger charge is -2.39. The molecule has 1 N–H and O–H groups in total. The van der Waals surface area contributed by atoms with Gasteiger partial charge in [-0.2, -0.15) is 0 Å². The number of furan rings is 1. The minimum atomic E-state index is -0.214. The van der Waals surface area contributed by atoms with Gasteiger partial charge in [-0.15, -0.1) is 0 Å². The number of aliphatic imine (C=N–C) groups is 1. The fourth-order valence-electron chi connectivity index (χ4n) is 6.04. The van der Waals surface area contributed by atoms with Gasteiger partial charge in [0.25, 0.3) is 0 Å². The SMILES string of the molecule is CN1C(n2c3ccccc3c3ccc4c5ccccc5oc4c32)=NC(c2ccccc2)NC1c1ccccc1. The van der Waals surface area contributed by atoms with Crippen LogP contribution >= 0.6 is 0 Å². The average Bonchev–Trinajstić information content (AvgIpc) is 3.54. The van der Waals surface area contributed by atoms with Crippen molar-refractivity contribution in [2.45, 2.75) is 12.3 Å². The summed E-state index contributed by atoms with van der Waals surface area (Å²) in [5.74, 6) is 0.871. The molecule has 0 amide bonds. The number of hydrogen-bond acceptors (Lipinski definition) is 4. The summed E-state index contributed by atoms with van der Waals surface area (Å²) in [6.07, 6.45) is -0.288. The Morgan fingerprint density at radius 1 is 0.641 bits per heavy atom. The zero-order valence-electron chi connectivity index (χ0n) is 21.5. The van der Waals surface area contributed by atoms with Gasteiger partial charge in [0.15, 0.2) is 5.58 Å². The molecule has 0 bridgehead atoms. The maximum Gasteiger partial charge on any atom is 0.209 e. The van der Waals surface area contributed by atoms with Crippen LogP contribution in [0.15, 0.2) is 131 Å². The number of aromatic nitrogens is 1. The van der Waals surface area contributed by atoms with Crippen molar-refractivity contribution in [1.82, 2.24) is 14.8 Å². The second kappa shape index (κ2) is 8.58. The second-order valence-corrected chi connectivity index (χ2v) is 10.1. The molecule has 2 atom stereocenters. The van der Waals surface area contributed by atoms with E-state index >= 15 is 0 Å². The number of nitrogens with one attached hydrogen (secondary N) is 1. The molecule has 0 saturated heterocycles. The molecule has 0 saturated carbocycles. The zero-order chi connectivity index (χ0) is 25.9. The molecular formula is C34H26N4O. The van der Waals surface area contributed by atoms with Gasteiger partial charge < -0.3 is 9.32 Å². The van der Waals surface area contributed by atoms with Crippen molar-refractivity contribution in [3.63, 3.8) is 0 Å². The van der Waals surface area contributed by atoms with Gasteiger partial charge in [-0.1, -0.05) is 103 Å². The highest BCUT2D eigenvalue weighted by molar-refractivity contribution is 6.23. The summed E-state index contributed by atoms with van der Waals surface area (Å²) in [6.45, 7) is 0. The van der Waals surface area contributed by atoms with Gasteiger partial charge in [-0.3, -0.25) is 9.88 Å². The predicted octanol–water partition coefficient (Wildman–Crippen LogP) is 7.83. The van der Waals surface area contributed by atoms with E-state index in [0.29, 0.717) is 0 Å². The highest BCUT2D eigenvalue weighted by Gasteiger charge is 2.32. The summed E-state index contributed by atoms with van der Waals surface area (Å²) in [7, 11) is 2.12. The van der Waals surface area contributed by atoms with Gasteiger partial charge in [0, 0.05) is 28.6 Å². The molecule has 5 nitrogen and oxygen atoms in total. The number of rotatable bonds is 2. The smallest absolute Gasteiger partial charge is 0.209 e. The lowest BCUT2D eigenvalue weighted by atomic mass is 10.1. The first-order valence-electron chi connectivity index (χ1n) is 13.3. The third-order valence-corrected chi connectivity index (χ3v) is 7.87. The molecule has 7 aromatic rings. The van der Waals surface area contributed by atoms with Gasteiger partial charge in [0.05, 0.1) is 5.52 Å². The molecule has 0 fully saturated rings. The van der Waals surface area contributed by atoms with Gasteiger partial charge in [-0.05, 0) is 29.3 Å². The Morgan fingerprint density at radius 2 is 1.28 bits per heavy atom. The Hall–Kier alpha value is -4.87. The average molecular weight is 507 g/mol. The van der Waals surface area contributed by atoms with Crippen LogP contribution in [0.5, 0.6) is 0 Å². The third kappa shape index (κ3) is 3.33. The third-order valence-electron chi connectivity index (χ3n) is 7.87. The van der Waals surface area contributed by atoms with Crippen molar-refractivity contribution in [3.05, 3.63) is 132 Å². The predicted molar refractivity (Wildman–Crippen MR) is 159 cm³/mol. The zero-order valence-corrected chi connectivity index (χ0v) is 21.5. The maximum atomic E-state index is 6.57. The summed E-state index contributed by atoms with van der Waals surface area (Å²) in [5.41, 5.74) is 6.22. The van der Waals surface area contributed by atoms with Crippen LogP contribution in [0.4, 0.5) is 0 Å². The van der Waals surface area contributed by atoms with Crippen LogP contribution in [-0.2, 0) is 0 Å². The quantitative estimate of drug-likeness (QED) is 0.260. The Balaban J connectivity index is 1.46. The van der Waals surface area contributed by atoms with Crippen LogP contribution in [0.1, 0.15) is 23.5 Å². The van der Waals surface area contributed by atoms with E-state index in [4.69, 9.17) is 9.41 Å². The molecule has 0 radical (unpaired) electrons. The molecule has 5 aromatic carbocycles. The number of hydrogen-bond donors (Lipinski definition) is 1. The molecule has 2 aromatic heterocycles. The van der Waals surface area contributed by atoms with E-state index in [0.717, 1.165) is 49.9 Å². The standard InChI is InChI=1S/C34H26N4O/c1-37-33(23-14-6-3-7-15-23)35-32(22-12-4-2-5-13-22)36-34(37)38-28-18-10-8-16-24(28)26-20-21-27-25-17-9-11-19-29(25)39-31(27)30(26)38/h2-21,32-33,35H,1H3. The Bertz CT molecular complexity index is 2020. The topological polar surface area (TPSA) is 45.7 Å². The summed E-state index contributed by atoms with van der Waals surface area (Å²) < 4.78 is 8.87. The molecule has 188 valence electrons. The van der Waals surface area contributed by atoms with Crippen LogP contribution in [-0.4, -0.2) is 22.5 Å². The molecule has 0 spiro atoms. The number of fused-ring (bicyclic) bond motifs is 7. The summed E-state index contributed by atoms with van der Waals surface area (Å²) >= 11 is 0. The van der Waals surface area contributed by atoms with Gasteiger partial charge in [-0.25, -0.2) is 4.99 Å². The van der Waals surface area contributed by atoms with Crippen LogP contribution in [0.25, 0.3) is 43.7 Å². The van der Waals surface area contributed by atoms with E-state index < -0.39 is 0 Å². The molecule has 3 heterocycles. The van der Waals surface area contributed by atoms with Crippen LogP contribution in [0, 0.1) is 0 Å². The Kier molecular flexibility index (Phi) is 4.87. The molecule has 1 aliphatic heterocycles. The minimum absolute atomic E-state index is 0.0741. The molecule has 0 aliphatic carbocycles. The molecule has 5 heteroatoms. The summed E-state index contributed by atoms with van der Waals surface area (Å²) in [6, 6.07) is 42.3. The van der Waals surface area contributed by atoms with E-state index in [-0.39, 0.29) is 12.3 Å². The minimum Gasteiger partial charge on any atom is -0.454 e. The van der Waals surface area contributed by atoms with Crippen molar-refractivity contribution >= 4 is 49.7 Å². The molecule has 39 heavy (non-hydrogen) atoms. The van der Waals surface area contributed by atoms with Gasteiger partial charge in [0.2, 0.25) is 5.96 Å². The number of para-hydroxylation sites is 2. The largest absolute Gasteiger partial charge is 0.454 e. The molecule has 1 aliphatic rings. The maximum absolute atomic E-state index is 6.57. The van der Waals surface area contributed by atoms with Crippen LogP contribution < -0.4 is 5.32 Å². The fourth-order valence-corrected chi connectivity index (χ4v) is 6.04. The second-order valence-electron chi connectivity index (χ2n) is 10.1. The highest BCUT2D eigenvalue weighted by Crippen LogP contribution is 2.40. The van der Waals surface area contributed by atoms with E-state index in [9.17, 15) is 0 Å².